The first-order chi connectivity index (χ1) is 5.74. The molecule has 1 aromatic rings. The van der Waals surface area contributed by atoms with E-state index >= 15 is 0 Å². The second kappa shape index (κ2) is 4.10. The lowest BCUT2D eigenvalue weighted by molar-refractivity contribution is 0.316. The van der Waals surface area contributed by atoms with E-state index in [0.29, 0.717) is 12.2 Å². The molecule has 12 heavy (non-hydrogen) atoms. The Morgan fingerprint density at radius 3 is 2.75 bits per heavy atom. The normalized spacial score (nSPS) is 9.92. The van der Waals surface area contributed by atoms with Crippen LogP contribution in [0.15, 0.2) is 18.2 Å². The van der Waals surface area contributed by atoms with E-state index in [1.165, 1.54) is 6.07 Å². The second-order valence-electron chi connectivity index (χ2n) is 2.76. The Morgan fingerprint density at radius 1 is 1.42 bits per heavy atom. The number of hydrogen-bond donors (Lipinski definition) is 0. The zero-order valence-corrected chi connectivity index (χ0v) is 7.43. The molecule has 0 heterocycles. The highest BCUT2D eigenvalue weighted by molar-refractivity contribution is 5.28. The van der Waals surface area contributed by atoms with Gasteiger partial charge in [-0.15, -0.1) is 0 Å². The summed E-state index contributed by atoms with van der Waals surface area (Å²) in [5.74, 6) is 0.564. The SMILES string of the molecule is CCCOc1ccc(F)c(C)c1. The summed E-state index contributed by atoms with van der Waals surface area (Å²) in [5.41, 5.74) is 0.628. The van der Waals surface area contributed by atoms with Crippen molar-refractivity contribution < 1.29 is 9.13 Å². The molecule has 0 aromatic heterocycles. The lowest BCUT2D eigenvalue weighted by Crippen LogP contribution is -1.95. The Balaban J connectivity index is 2.69. The standard InChI is InChI=1S/C10H13FO/c1-3-6-12-9-4-5-10(11)8(2)7-9/h4-5,7H,3,6H2,1-2H3. The number of ether oxygens (including phenoxy) is 1. The molecule has 2 heteroatoms. The molecule has 1 rings (SSSR count). The van der Waals surface area contributed by atoms with Crippen molar-refractivity contribution in [3.05, 3.63) is 29.6 Å². The maximum absolute atomic E-state index is 12.8. The molecule has 0 bridgehead atoms. The van der Waals surface area contributed by atoms with Crippen LogP contribution < -0.4 is 4.74 Å². The van der Waals surface area contributed by atoms with Gasteiger partial charge in [0.25, 0.3) is 0 Å². The van der Waals surface area contributed by atoms with Gasteiger partial charge < -0.3 is 4.74 Å². The molecule has 0 atom stereocenters. The van der Waals surface area contributed by atoms with E-state index in [9.17, 15) is 4.39 Å². The van der Waals surface area contributed by atoms with Crippen molar-refractivity contribution in [2.24, 2.45) is 0 Å². The van der Waals surface area contributed by atoms with E-state index in [2.05, 4.69) is 0 Å². The molecular formula is C10H13FO. The Hall–Kier alpha value is -1.05. The molecule has 0 saturated carbocycles. The summed E-state index contributed by atoms with van der Waals surface area (Å²) in [7, 11) is 0. The van der Waals surface area contributed by atoms with Crippen LogP contribution in [0, 0.1) is 12.7 Å². The van der Waals surface area contributed by atoms with Crippen LogP contribution in [0.3, 0.4) is 0 Å². The zero-order chi connectivity index (χ0) is 8.97. The van der Waals surface area contributed by atoms with E-state index < -0.39 is 0 Å². The molecule has 0 spiro atoms. The first kappa shape index (κ1) is 9.04. The molecule has 0 fully saturated rings. The van der Waals surface area contributed by atoms with Gasteiger partial charge in [-0.1, -0.05) is 6.92 Å². The summed E-state index contributed by atoms with van der Waals surface area (Å²) in [5, 5.41) is 0. The lowest BCUT2D eigenvalue weighted by Gasteiger charge is -2.04. The topological polar surface area (TPSA) is 9.23 Å². The van der Waals surface area contributed by atoms with Crippen molar-refractivity contribution in [2.75, 3.05) is 6.61 Å². The molecule has 0 N–H and O–H groups in total. The molecule has 0 saturated heterocycles. The number of benzene rings is 1. The fourth-order valence-corrected chi connectivity index (χ4v) is 0.927. The third kappa shape index (κ3) is 2.22. The monoisotopic (exact) mass is 168 g/mol. The molecule has 1 aromatic carbocycles. The van der Waals surface area contributed by atoms with Crippen LogP contribution in [-0.4, -0.2) is 6.61 Å². The molecule has 0 aliphatic carbocycles. The van der Waals surface area contributed by atoms with Crippen molar-refractivity contribution in [1.29, 1.82) is 0 Å². The van der Waals surface area contributed by atoms with Gasteiger partial charge in [-0.05, 0) is 37.1 Å². The fraction of sp³-hybridized carbons (Fsp3) is 0.400. The van der Waals surface area contributed by atoms with Crippen LogP contribution in [0.2, 0.25) is 0 Å². The van der Waals surface area contributed by atoms with E-state index in [0.717, 1.165) is 12.2 Å². The smallest absolute Gasteiger partial charge is 0.126 e. The summed E-state index contributed by atoms with van der Waals surface area (Å²) in [4.78, 5) is 0. The van der Waals surface area contributed by atoms with Crippen molar-refractivity contribution in [2.45, 2.75) is 20.3 Å². The van der Waals surface area contributed by atoms with Gasteiger partial charge >= 0.3 is 0 Å². The first-order valence-corrected chi connectivity index (χ1v) is 4.13. The summed E-state index contributed by atoms with van der Waals surface area (Å²) in [6.07, 6.45) is 0.969. The van der Waals surface area contributed by atoms with Gasteiger partial charge in [0.2, 0.25) is 0 Å². The van der Waals surface area contributed by atoms with Crippen molar-refractivity contribution >= 4 is 0 Å². The predicted molar refractivity (Wildman–Crippen MR) is 46.9 cm³/mol. The van der Waals surface area contributed by atoms with E-state index in [4.69, 9.17) is 4.74 Å². The first-order valence-electron chi connectivity index (χ1n) is 4.13. The summed E-state index contributed by atoms with van der Waals surface area (Å²) in [6.45, 7) is 4.45. The third-order valence-electron chi connectivity index (χ3n) is 1.60. The summed E-state index contributed by atoms with van der Waals surface area (Å²) < 4.78 is 18.1. The highest BCUT2D eigenvalue weighted by Crippen LogP contribution is 2.15. The predicted octanol–water partition coefficient (Wildman–Crippen LogP) is 2.92. The minimum absolute atomic E-state index is 0.182. The highest BCUT2D eigenvalue weighted by atomic mass is 19.1. The number of hydrogen-bond acceptors (Lipinski definition) is 1. The lowest BCUT2D eigenvalue weighted by atomic mass is 10.2. The molecule has 1 nitrogen and oxygen atoms in total. The number of halogens is 1. The highest BCUT2D eigenvalue weighted by Gasteiger charge is 1.98. The van der Waals surface area contributed by atoms with Crippen LogP contribution >= 0.6 is 0 Å². The zero-order valence-electron chi connectivity index (χ0n) is 7.43. The fourth-order valence-electron chi connectivity index (χ4n) is 0.927. The Bertz CT molecular complexity index is 258. The maximum Gasteiger partial charge on any atom is 0.126 e. The van der Waals surface area contributed by atoms with Crippen LogP contribution in [-0.2, 0) is 0 Å². The van der Waals surface area contributed by atoms with Gasteiger partial charge in [0.1, 0.15) is 11.6 Å². The van der Waals surface area contributed by atoms with Crippen LogP contribution in [0.25, 0.3) is 0 Å². The Labute approximate surface area is 72.2 Å². The molecule has 0 unspecified atom stereocenters. The van der Waals surface area contributed by atoms with E-state index in [1.54, 1.807) is 19.1 Å². The second-order valence-corrected chi connectivity index (χ2v) is 2.76. The van der Waals surface area contributed by atoms with Crippen molar-refractivity contribution in [3.63, 3.8) is 0 Å². The van der Waals surface area contributed by atoms with E-state index in [1.807, 2.05) is 6.92 Å². The van der Waals surface area contributed by atoms with E-state index in [-0.39, 0.29) is 5.82 Å². The van der Waals surface area contributed by atoms with Gasteiger partial charge in [-0.2, -0.15) is 0 Å². The molecule has 0 aliphatic heterocycles. The number of rotatable bonds is 3. The van der Waals surface area contributed by atoms with Gasteiger partial charge in [0, 0.05) is 0 Å². The average Bonchev–Trinajstić information content (AvgIpc) is 2.07. The largest absolute Gasteiger partial charge is 0.494 e. The average molecular weight is 168 g/mol. The number of aryl methyl sites for hydroxylation is 1. The summed E-state index contributed by atoms with van der Waals surface area (Å²) in [6, 6.07) is 4.79. The minimum Gasteiger partial charge on any atom is -0.494 e. The van der Waals surface area contributed by atoms with Gasteiger partial charge in [0.15, 0.2) is 0 Å². The van der Waals surface area contributed by atoms with Gasteiger partial charge in [-0.25, -0.2) is 4.39 Å². The van der Waals surface area contributed by atoms with Crippen LogP contribution in [0.4, 0.5) is 4.39 Å². The van der Waals surface area contributed by atoms with Crippen molar-refractivity contribution in [3.8, 4) is 5.75 Å². The quantitative estimate of drug-likeness (QED) is 0.674. The molecule has 66 valence electrons. The molecule has 0 radical (unpaired) electrons. The Morgan fingerprint density at radius 2 is 2.17 bits per heavy atom. The molecule has 0 amide bonds. The van der Waals surface area contributed by atoms with Crippen molar-refractivity contribution in [1.82, 2.24) is 0 Å². The van der Waals surface area contributed by atoms with Gasteiger partial charge in [0.05, 0.1) is 6.61 Å². The molecule has 0 aliphatic rings. The molecular weight excluding hydrogens is 155 g/mol. The minimum atomic E-state index is -0.182. The van der Waals surface area contributed by atoms with Crippen LogP contribution in [0.1, 0.15) is 18.9 Å². The Kier molecular flexibility index (Phi) is 3.09. The third-order valence-corrected chi connectivity index (χ3v) is 1.60. The maximum atomic E-state index is 12.8. The van der Waals surface area contributed by atoms with Crippen LogP contribution in [0.5, 0.6) is 5.75 Å². The summed E-state index contributed by atoms with van der Waals surface area (Å²) >= 11 is 0. The van der Waals surface area contributed by atoms with Gasteiger partial charge in [-0.3, -0.25) is 0 Å².